The zero-order valence-electron chi connectivity index (χ0n) is 13.0. The normalized spacial score (nSPS) is 37.0. The molecule has 3 fully saturated rings. The van der Waals surface area contributed by atoms with Gasteiger partial charge in [0.2, 0.25) is 0 Å². The molecule has 4 rings (SSSR count). The molecule has 0 aromatic carbocycles. The third kappa shape index (κ3) is 2.29. The van der Waals surface area contributed by atoms with Crippen molar-refractivity contribution in [3.63, 3.8) is 0 Å². The molecule has 3 nitrogen and oxygen atoms in total. The largest absolute Gasteiger partial charge is 0.384 e. The first-order chi connectivity index (χ1) is 9.87. The molecule has 0 spiro atoms. The van der Waals surface area contributed by atoms with Crippen molar-refractivity contribution in [1.29, 1.82) is 0 Å². The Hall–Kier alpha value is -1.00. The minimum Gasteiger partial charge on any atom is -0.384 e. The van der Waals surface area contributed by atoms with Crippen LogP contribution in [0.5, 0.6) is 0 Å². The molecule has 1 aromatic rings. The number of thiazole rings is 1. The van der Waals surface area contributed by atoms with Gasteiger partial charge in [0.05, 0.1) is 0 Å². The summed E-state index contributed by atoms with van der Waals surface area (Å²) in [5.41, 5.74) is 0.414. The fourth-order valence-electron chi connectivity index (χ4n) is 4.09. The van der Waals surface area contributed by atoms with Crippen LogP contribution in [0.2, 0.25) is 0 Å². The van der Waals surface area contributed by atoms with Crippen LogP contribution in [0.25, 0.3) is 0 Å². The van der Waals surface area contributed by atoms with Crippen LogP contribution in [0.3, 0.4) is 0 Å². The van der Waals surface area contributed by atoms with Gasteiger partial charge in [0.1, 0.15) is 16.7 Å². The summed E-state index contributed by atoms with van der Waals surface area (Å²) in [6.45, 7) is 10.3. The van der Waals surface area contributed by atoms with Crippen molar-refractivity contribution in [3.05, 3.63) is 29.2 Å². The minimum atomic E-state index is -0.783. The second-order valence-corrected chi connectivity index (χ2v) is 8.07. The molecule has 0 unspecified atom stereocenters. The molecule has 3 aliphatic carbocycles. The average molecular weight is 304 g/mol. The van der Waals surface area contributed by atoms with E-state index in [0.29, 0.717) is 11.8 Å². The summed E-state index contributed by atoms with van der Waals surface area (Å²) in [5, 5.41) is 14.0. The predicted molar refractivity (Wildman–Crippen MR) is 87.7 cm³/mol. The monoisotopic (exact) mass is 304 g/mol. The van der Waals surface area contributed by atoms with Gasteiger partial charge in [-0.1, -0.05) is 19.9 Å². The maximum Gasteiger partial charge on any atom is 0.117 e. The van der Waals surface area contributed by atoms with Gasteiger partial charge in [-0.2, -0.15) is 0 Å². The van der Waals surface area contributed by atoms with Gasteiger partial charge in [-0.15, -0.1) is 17.9 Å². The van der Waals surface area contributed by atoms with Crippen LogP contribution in [-0.4, -0.2) is 21.4 Å². The second kappa shape index (κ2) is 5.03. The van der Waals surface area contributed by atoms with Gasteiger partial charge in [0.25, 0.3) is 0 Å². The Morgan fingerprint density at radius 2 is 2.33 bits per heavy atom. The summed E-state index contributed by atoms with van der Waals surface area (Å²) < 4.78 is 0. The lowest BCUT2D eigenvalue weighted by Gasteiger charge is -2.62. The molecule has 0 saturated heterocycles. The van der Waals surface area contributed by atoms with Crippen LogP contribution in [0.4, 0.5) is 0 Å². The van der Waals surface area contributed by atoms with Crippen molar-refractivity contribution >= 4 is 17.0 Å². The molecule has 2 bridgehead atoms. The highest BCUT2D eigenvalue weighted by Gasteiger charge is 2.61. The van der Waals surface area contributed by atoms with E-state index in [0.717, 1.165) is 30.0 Å². The molecule has 1 aromatic heterocycles. The lowest BCUT2D eigenvalue weighted by Crippen LogP contribution is -2.64. The van der Waals surface area contributed by atoms with Crippen molar-refractivity contribution in [2.45, 2.75) is 51.7 Å². The molecule has 1 heterocycles. The topological polar surface area (TPSA) is 45.5 Å². The van der Waals surface area contributed by atoms with Crippen LogP contribution >= 0.6 is 11.3 Å². The standard InChI is InChI=1S/C17H24N2OS/c1-5-6-12(15-18-7-8-21-15)19-14-10-11-9-13(16(11,2)3)17(14,4)20/h5,7-8,11-13,20H,1,6,9-10H2,2-4H3/t11-,12+,13-,17-/m0/s1. The molecule has 3 saturated carbocycles. The van der Waals surface area contributed by atoms with Crippen LogP contribution in [0, 0.1) is 17.3 Å². The van der Waals surface area contributed by atoms with Crippen molar-refractivity contribution < 1.29 is 5.11 Å². The van der Waals surface area contributed by atoms with Crippen molar-refractivity contribution in [2.75, 3.05) is 0 Å². The first-order valence-electron chi connectivity index (χ1n) is 7.67. The number of hydrogen-bond donors (Lipinski definition) is 1. The summed E-state index contributed by atoms with van der Waals surface area (Å²) >= 11 is 1.62. The van der Waals surface area contributed by atoms with Gasteiger partial charge in [-0.25, -0.2) is 4.98 Å². The van der Waals surface area contributed by atoms with Gasteiger partial charge in [0, 0.05) is 17.3 Å². The summed E-state index contributed by atoms with van der Waals surface area (Å²) in [4.78, 5) is 9.30. The molecule has 0 aliphatic heterocycles. The average Bonchev–Trinajstić information content (AvgIpc) is 2.93. The van der Waals surface area contributed by atoms with Gasteiger partial charge < -0.3 is 5.11 Å². The molecular formula is C17H24N2OS. The molecule has 21 heavy (non-hydrogen) atoms. The van der Waals surface area contributed by atoms with E-state index in [2.05, 4.69) is 25.4 Å². The summed E-state index contributed by atoms with van der Waals surface area (Å²) in [5.74, 6) is 0.977. The summed E-state index contributed by atoms with van der Waals surface area (Å²) in [6, 6.07) is 0.00425. The molecule has 4 heteroatoms. The van der Waals surface area contributed by atoms with E-state index in [1.54, 1.807) is 11.3 Å². The zero-order chi connectivity index (χ0) is 15.3. The quantitative estimate of drug-likeness (QED) is 0.854. The number of aliphatic hydroxyl groups is 1. The number of fused-ring (bicyclic) bond motifs is 2. The highest BCUT2D eigenvalue weighted by molar-refractivity contribution is 7.09. The highest BCUT2D eigenvalue weighted by atomic mass is 32.1. The highest BCUT2D eigenvalue weighted by Crippen LogP contribution is 2.61. The molecule has 3 aliphatic rings. The Labute approximate surface area is 130 Å². The lowest BCUT2D eigenvalue weighted by molar-refractivity contribution is -0.134. The first kappa shape index (κ1) is 14.9. The van der Waals surface area contributed by atoms with Crippen molar-refractivity contribution in [1.82, 2.24) is 4.98 Å². The Kier molecular flexibility index (Phi) is 3.57. The van der Waals surface area contributed by atoms with Gasteiger partial charge in [-0.3, -0.25) is 4.99 Å². The van der Waals surface area contributed by atoms with Gasteiger partial charge in [0.15, 0.2) is 0 Å². The number of nitrogens with zero attached hydrogens (tertiary/aromatic N) is 2. The van der Waals surface area contributed by atoms with Crippen LogP contribution in [0.1, 0.15) is 51.1 Å². The molecule has 0 radical (unpaired) electrons. The van der Waals surface area contributed by atoms with E-state index in [1.807, 2.05) is 24.6 Å². The van der Waals surface area contributed by atoms with Crippen molar-refractivity contribution in [2.24, 2.45) is 22.2 Å². The van der Waals surface area contributed by atoms with Crippen LogP contribution < -0.4 is 0 Å². The predicted octanol–water partition coefficient (Wildman–Crippen LogP) is 4.02. The second-order valence-electron chi connectivity index (χ2n) is 7.14. The summed E-state index contributed by atoms with van der Waals surface area (Å²) in [7, 11) is 0. The summed E-state index contributed by atoms with van der Waals surface area (Å²) in [6.07, 6.45) is 6.51. The van der Waals surface area contributed by atoms with Crippen LogP contribution in [-0.2, 0) is 0 Å². The van der Waals surface area contributed by atoms with Crippen LogP contribution in [0.15, 0.2) is 29.2 Å². The van der Waals surface area contributed by atoms with E-state index >= 15 is 0 Å². The van der Waals surface area contributed by atoms with E-state index < -0.39 is 5.60 Å². The third-order valence-corrected chi connectivity index (χ3v) is 6.49. The molecular weight excluding hydrogens is 280 g/mol. The smallest absolute Gasteiger partial charge is 0.117 e. The number of rotatable bonds is 4. The number of hydrogen-bond acceptors (Lipinski definition) is 4. The molecule has 114 valence electrons. The van der Waals surface area contributed by atoms with E-state index in [4.69, 9.17) is 4.99 Å². The fraction of sp³-hybridized carbons (Fsp3) is 0.647. The third-order valence-electron chi connectivity index (χ3n) is 5.61. The van der Waals surface area contributed by atoms with E-state index in [-0.39, 0.29) is 11.5 Å². The number of aromatic nitrogens is 1. The molecule has 0 amide bonds. The maximum atomic E-state index is 11.0. The van der Waals surface area contributed by atoms with Crippen molar-refractivity contribution in [3.8, 4) is 0 Å². The Morgan fingerprint density at radius 1 is 1.57 bits per heavy atom. The van der Waals surface area contributed by atoms with Gasteiger partial charge >= 0.3 is 0 Å². The SMILES string of the molecule is C=CC[C@@H](N=C1C[C@@H]2C[C@@H](C2(C)C)[C@]1(C)O)c1nccs1. The first-order valence-corrected chi connectivity index (χ1v) is 8.55. The molecule has 4 atom stereocenters. The lowest BCUT2D eigenvalue weighted by atomic mass is 9.44. The maximum absolute atomic E-state index is 11.0. The van der Waals surface area contributed by atoms with E-state index in [1.165, 1.54) is 0 Å². The Balaban J connectivity index is 1.90. The minimum absolute atomic E-state index is 0.00425. The fourth-order valence-corrected chi connectivity index (χ4v) is 4.78. The molecule has 1 N–H and O–H groups in total. The zero-order valence-corrected chi connectivity index (χ0v) is 13.9. The Morgan fingerprint density at radius 3 is 2.86 bits per heavy atom. The van der Waals surface area contributed by atoms with Gasteiger partial charge in [-0.05, 0) is 43.4 Å². The number of aliphatic imine (C=N–C) groups is 1. The Bertz CT molecular complexity index is 559. The van der Waals surface area contributed by atoms with E-state index in [9.17, 15) is 5.11 Å².